The number of hydrogen-bond donors (Lipinski definition) is 1. The fourth-order valence-electron chi connectivity index (χ4n) is 2.89. The zero-order chi connectivity index (χ0) is 22.1. The monoisotopic (exact) mass is 434 g/mol. The van der Waals surface area contributed by atoms with Gasteiger partial charge < -0.3 is 14.8 Å². The van der Waals surface area contributed by atoms with Gasteiger partial charge in [0.05, 0.1) is 25.7 Å². The molecule has 1 N–H and O–H groups in total. The molecule has 0 unspecified atom stereocenters. The summed E-state index contributed by atoms with van der Waals surface area (Å²) in [5.41, 5.74) is 0.993. The lowest BCUT2D eigenvalue weighted by atomic mass is 10.1. The highest BCUT2D eigenvalue weighted by Crippen LogP contribution is 2.30. The minimum absolute atomic E-state index is 0.0303. The van der Waals surface area contributed by atoms with E-state index in [0.29, 0.717) is 17.9 Å². The van der Waals surface area contributed by atoms with E-state index in [9.17, 15) is 13.2 Å². The van der Waals surface area contributed by atoms with Crippen molar-refractivity contribution < 1.29 is 22.7 Å². The highest BCUT2D eigenvalue weighted by Gasteiger charge is 2.28. The average Bonchev–Trinajstić information content (AvgIpc) is 2.76. The maximum Gasteiger partial charge on any atom is 0.243 e. The van der Waals surface area contributed by atoms with Gasteiger partial charge in [0.1, 0.15) is 0 Å². The summed E-state index contributed by atoms with van der Waals surface area (Å²) in [7, 11) is -1.00. The van der Waals surface area contributed by atoms with Gasteiger partial charge in [-0.3, -0.25) is 4.79 Å². The number of sulfonamides is 1. The normalized spacial score (nSPS) is 12.4. The number of benzene rings is 2. The number of hydrogen-bond acceptors (Lipinski definition) is 5. The molecule has 164 valence electrons. The van der Waals surface area contributed by atoms with Gasteiger partial charge in [-0.2, -0.15) is 4.31 Å². The molecule has 0 aliphatic heterocycles. The van der Waals surface area contributed by atoms with E-state index in [-0.39, 0.29) is 29.9 Å². The first-order valence-corrected chi connectivity index (χ1v) is 11.3. The van der Waals surface area contributed by atoms with Crippen molar-refractivity contribution in [1.29, 1.82) is 0 Å². The summed E-state index contributed by atoms with van der Waals surface area (Å²) in [6, 6.07) is 13.9. The molecule has 8 heteroatoms. The second-order valence-corrected chi connectivity index (χ2v) is 8.91. The molecule has 0 fully saturated rings. The van der Waals surface area contributed by atoms with Crippen LogP contribution in [0.4, 0.5) is 0 Å². The number of nitrogens with one attached hydrogen (secondary N) is 1. The zero-order valence-electron chi connectivity index (χ0n) is 17.9. The molecule has 7 nitrogen and oxygen atoms in total. The number of carbonyl (C=O) groups is 1. The van der Waals surface area contributed by atoms with Crippen LogP contribution < -0.4 is 14.8 Å². The van der Waals surface area contributed by atoms with Crippen LogP contribution in [-0.2, 0) is 21.2 Å². The SMILES string of the molecule is CC[C@@H](C)NC(=O)CN(CCc1ccccc1)S(=O)(=O)c1ccc(OC)c(OC)c1. The quantitative estimate of drug-likeness (QED) is 0.588. The van der Waals surface area contributed by atoms with Crippen molar-refractivity contribution in [3.8, 4) is 11.5 Å². The molecule has 0 saturated heterocycles. The molecule has 0 bridgehead atoms. The summed E-state index contributed by atoms with van der Waals surface area (Å²) < 4.78 is 38.4. The second kappa shape index (κ2) is 11.0. The predicted molar refractivity (Wildman–Crippen MR) is 116 cm³/mol. The van der Waals surface area contributed by atoms with Crippen molar-refractivity contribution in [2.45, 2.75) is 37.6 Å². The van der Waals surface area contributed by atoms with Gasteiger partial charge in [0.25, 0.3) is 0 Å². The molecule has 0 heterocycles. The van der Waals surface area contributed by atoms with Gasteiger partial charge in [-0.05, 0) is 37.5 Å². The van der Waals surface area contributed by atoms with E-state index in [0.717, 1.165) is 12.0 Å². The third-order valence-corrected chi connectivity index (χ3v) is 6.67. The van der Waals surface area contributed by atoms with Gasteiger partial charge in [0.15, 0.2) is 11.5 Å². The molecule has 0 radical (unpaired) electrons. The summed E-state index contributed by atoms with van der Waals surface area (Å²) in [4.78, 5) is 12.5. The van der Waals surface area contributed by atoms with Crippen molar-refractivity contribution in [2.75, 3.05) is 27.3 Å². The van der Waals surface area contributed by atoms with Crippen LogP contribution >= 0.6 is 0 Å². The van der Waals surface area contributed by atoms with Crippen LogP contribution in [0.2, 0.25) is 0 Å². The second-order valence-electron chi connectivity index (χ2n) is 6.97. The first-order valence-electron chi connectivity index (χ1n) is 9.87. The van der Waals surface area contributed by atoms with E-state index < -0.39 is 10.0 Å². The van der Waals surface area contributed by atoms with Crippen molar-refractivity contribution in [2.24, 2.45) is 0 Å². The zero-order valence-corrected chi connectivity index (χ0v) is 18.7. The molecule has 0 aliphatic carbocycles. The topological polar surface area (TPSA) is 84.9 Å². The van der Waals surface area contributed by atoms with Gasteiger partial charge in [0.2, 0.25) is 15.9 Å². The molecule has 0 spiro atoms. The van der Waals surface area contributed by atoms with Crippen LogP contribution in [-0.4, -0.2) is 52.0 Å². The minimum Gasteiger partial charge on any atom is -0.493 e. The Morgan fingerprint density at radius 2 is 1.73 bits per heavy atom. The number of nitrogens with zero attached hydrogens (tertiary/aromatic N) is 1. The Bertz CT molecular complexity index is 932. The molecule has 30 heavy (non-hydrogen) atoms. The van der Waals surface area contributed by atoms with Crippen LogP contribution in [0.5, 0.6) is 11.5 Å². The van der Waals surface area contributed by atoms with Crippen LogP contribution in [0.3, 0.4) is 0 Å². The summed E-state index contributed by atoms with van der Waals surface area (Å²) in [6.07, 6.45) is 1.25. The fourth-order valence-corrected chi connectivity index (χ4v) is 4.30. The first-order chi connectivity index (χ1) is 14.3. The minimum atomic E-state index is -3.93. The van der Waals surface area contributed by atoms with Gasteiger partial charge in [-0.1, -0.05) is 37.3 Å². The largest absolute Gasteiger partial charge is 0.493 e. The van der Waals surface area contributed by atoms with E-state index in [4.69, 9.17) is 9.47 Å². The van der Waals surface area contributed by atoms with Gasteiger partial charge in [-0.15, -0.1) is 0 Å². The lowest BCUT2D eigenvalue weighted by Crippen LogP contribution is -2.44. The van der Waals surface area contributed by atoms with Crippen molar-refractivity contribution in [3.63, 3.8) is 0 Å². The molecule has 0 aliphatic rings. The Balaban J connectivity index is 2.31. The summed E-state index contributed by atoms with van der Waals surface area (Å²) in [6.45, 7) is 3.76. The van der Waals surface area contributed by atoms with E-state index in [1.54, 1.807) is 6.07 Å². The number of rotatable bonds is 11. The summed E-state index contributed by atoms with van der Waals surface area (Å²) in [5, 5.41) is 2.83. The molecule has 2 aromatic rings. The highest BCUT2D eigenvalue weighted by molar-refractivity contribution is 7.89. The van der Waals surface area contributed by atoms with Gasteiger partial charge in [0, 0.05) is 18.7 Å². The van der Waals surface area contributed by atoms with Crippen molar-refractivity contribution >= 4 is 15.9 Å². The summed E-state index contributed by atoms with van der Waals surface area (Å²) in [5.74, 6) is 0.411. The lowest BCUT2D eigenvalue weighted by Gasteiger charge is -2.23. The van der Waals surface area contributed by atoms with E-state index >= 15 is 0 Å². The molecule has 1 atom stereocenters. The molecule has 2 rings (SSSR count). The molecule has 0 saturated carbocycles. The fraction of sp³-hybridized carbons (Fsp3) is 0.409. The van der Waals surface area contributed by atoms with E-state index in [1.807, 2.05) is 44.2 Å². The van der Waals surface area contributed by atoms with Crippen LogP contribution in [0.25, 0.3) is 0 Å². The Morgan fingerprint density at radius 1 is 1.07 bits per heavy atom. The maximum atomic E-state index is 13.4. The molecule has 2 aromatic carbocycles. The Morgan fingerprint density at radius 3 is 2.33 bits per heavy atom. The Hall–Kier alpha value is -2.58. The third-order valence-electron chi connectivity index (χ3n) is 4.83. The third kappa shape index (κ3) is 6.21. The van der Waals surface area contributed by atoms with Crippen LogP contribution in [0, 0.1) is 0 Å². The number of ether oxygens (including phenoxy) is 2. The molecule has 1 amide bonds. The van der Waals surface area contributed by atoms with E-state index in [2.05, 4.69) is 5.32 Å². The number of amides is 1. The maximum absolute atomic E-state index is 13.4. The van der Waals surface area contributed by atoms with E-state index in [1.165, 1.54) is 30.7 Å². The lowest BCUT2D eigenvalue weighted by molar-refractivity contribution is -0.121. The highest BCUT2D eigenvalue weighted by atomic mass is 32.2. The van der Waals surface area contributed by atoms with Crippen LogP contribution in [0.15, 0.2) is 53.4 Å². The van der Waals surface area contributed by atoms with Gasteiger partial charge in [-0.25, -0.2) is 8.42 Å². The number of methoxy groups -OCH3 is 2. The predicted octanol–water partition coefficient (Wildman–Crippen LogP) is 2.85. The number of carbonyl (C=O) groups excluding carboxylic acids is 1. The van der Waals surface area contributed by atoms with Crippen molar-refractivity contribution in [1.82, 2.24) is 9.62 Å². The Kier molecular flexibility index (Phi) is 8.68. The Labute approximate surface area is 179 Å². The van der Waals surface area contributed by atoms with Crippen molar-refractivity contribution in [3.05, 3.63) is 54.1 Å². The van der Waals surface area contributed by atoms with Crippen LogP contribution in [0.1, 0.15) is 25.8 Å². The standard InChI is InChI=1S/C22H30N2O5S/c1-5-17(2)23-22(25)16-24(14-13-18-9-7-6-8-10-18)30(26,27)19-11-12-20(28-3)21(15-19)29-4/h6-12,15,17H,5,13-14,16H2,1-4H3,(H,23,25)/t17-/m1/s1. The smallest absolute Gasteiger partial charge is 0.243 e. The first kappa shape index (κ1) is 23.7. The molecular weight excluding hydrogens is 404 g/mol. The average molecular weight is 435 g/mol. The summed E-state index contributed by atoms with van der Waals surface area (Å²) >= 11 is 0. The van der Waals surface area contributed by atoms with Gasteiger partial charge >= 0.3 is 0 Å². The molecular formula is C22H30N2O5S. The molecule has 0 aromatic heterocycles.